The lowest BCUT2D eigenvalue weighted by atomic mass is 10.2. The molecular weight excluding hydrogens is 252 g/mol. The molecule has 0 radical (unpaired) electrons. The number of anilines is 2. The first-order valence-corrected chi connectivity index (χ1v) is 6.16. The van der Waals surface area contributed by atoms with E-state index >= 15 is 0 Å². The Bertz CT molecular complexity index is 622. The zero-order valence-electron chi connectivity index (χ0n) is 11.2. The van der Waals surface area contributed by atoms with E-state index in [1.807, 2.05) is 30.3 Å². The topological polar surface area (TPSA) is 64.3 Å². The lowest BCUT2D eigenvalue weighted by molar-refractivity contribution is -0.111. The molecule has 0 aliphatic heterocycles. The first-order chi connectivity index (χ1) is 9.69. The fourth-order valence-corrected chi connectivity index (χ4v) is 1.72. The Kier molecular flexibility index (Phi) is 4.39. The fraction of sp³-hybridized carbons (Fsp3) is 0.0625. The minimum atomic E-state index is -0.225. The highest BCUT2D eigenvalue weighted by atomic mass is 16.5. The monoisotopic (exact) mass is 268 g/mol. The van der Waals surface area contributed by atoms with E-state index in [1.54, 1.807) is 24.3 Å². The third kappa shape index (κ3) is 3.62. The second-order valence-corrected chi connectivity index (χ2v) is 4.19. The number of methoxy groups -OCH3 is 1. The van der Waals surface area contributed by atoms with Crippen LogP contribution in [0.5, 0.6) is 5.75 Å². The number of carbonyl (C=O) groups is 1. The number of hydrogen-bond acceptors (Lipinski definition) is 3. The SMILES string of the molecule is COc1cc(N)ccc1NC(=O)/C=C/c1ccccc1. The summed E-state index contributed by atoms with van der Waals surface area (Å²) in [6.45, 7) is 0. The van der Waals surface area contributed by atoms with Crippen molar-refractivity contribution in [2.45, 2.75) is 0 Å². The molecule has 2 rings (SSSR count). The van der Waals surface area contributed by atoms with Crippen molar-refractivity contribution in [2.24, 2.45) is 0 Å². The maximum Gasteiger partial charge on any atom is 0.248 e. The first-order valence-electron chi connectivity index (χ1n) is 6.16. The zero-order chi connectivity index (χ0) is 14.4. The maximum absolute atomic E-state index is 11.9. The Balaban J connectivity index is 2.07. The van der Waals surface area contributed by atoms with Gasteiger partial charge in [0.05, 0.1) is 12.8 Å². The molecule has 0 saturated heterocycles. The van der Waals surface area contributed by atoms with Crippen LogP contribution in [0.25, 0.3) is 6.08 Å². The van der Waals surface area contributed by atoms with Crippen LogP contribution in [0.3, 0.4) is 0 Å². The summed E-state index contributed by atoms with van der Waals surface area (Å²) in [5, 5.41) is 2.75. The van der Waals surface area contributed by atoms with Gasteiger partial charge < -0.3 is 15.8 Å². The predicted octanol–water partition coefficient (Wildman–Crippen LogP) is 2.93. The number of nitrogens with one attached hydrogen (secondary N) is 1. The van der Waals surface area contributed by atoms with Crippen LogP contribution < -0.4 is 15.8 Å². The second-order valence-electron chi connectivity index (χ2n) is 4.19. The van der Waals surface area contributed by atoms with Crippen molar-refractivity contribution < 1.29 is 9.53 Å². The van der Waals surface area contributed by atoms with Crippen LogP contribution >= 0.6 is 0 Å². The number of rotatable bonds is 4. The van der Waals surface area contributed by atoms with Gasteiger partial charge in [-0.15, -0.1) is 0 Å². The second kappa shape index (κ2) is 6.43. The Morgan fingerprint density at radius 1 is 1.20 bits per heavy atom. The largest absolute Gasteiger partial charge is 0.494 e. The standard InChI is InChI=1S/C16H16N2O2/c1-20-15-11-13(17)8-9-14(15)18-16(19)10-7-12-5-3-2-4-6-12/h2-11H,17H2,1H3,(H,18,19)/b10-7+. The van der Waals surface area contributed by atoms with Crippen LogP contribution in [0.1, 0.15) is 5.56 Å². The van der Waals surface area contributed by atoms with E-state index in [4.69, 9.17) is 10.5 Å². The molecule has 0 unspecified atom stereocenters. The summed E-state index contributed by atoms with van der Waals surface area (Å²) in [5.74, 6) is 0.309. The molecule has 0 fully saturated rings. The smallest absolute Gasteiger partial charge is 0.248 e. The number of nitrogen functional groups attached to an aromatic ring is 1. The van der Waals surface area contributed by atoms with Crippen molar-refractivity contribution in [1.29, 1.82) is 0 Å². The van der Waals surface area contributed by atoms with E-state index < -0.39 is 0 Å². The number of nitrogens with two attached hydrogens (primary N) is 1. The highest BCUT2D eigenvalue weighted by molar-refractivity contribution is 6.02. The average molecular weight is 268 g/mol. The van der Waals surface area contributed by atoms with E-state index in [2.05, 4.69) is 5.32 Å². The van der Waals surface area contributed by atoms with Crippen molar-refractivity contribution in [3.8, 4) is 5.75 Å². The molecule has 0 atom stereocenters. The van der Waals surface area contributed by atoms with Crippen LogP contribution in [-0.4, -0.2) is 13.0 Å². The number of amides is 1. The van der Waals surface area contributed by atoms with Crippen LogP contribution in [0.2, 0.25) is 0 Å². The first kappa shape index (κ1) is 13.7. The summed E-state index contributed by atoms with van der Waals surface area (Å²) in [6.07, 6.45) is 3.23. The molecule has 0 bridgehead atoms. The van der Waals surface area contributed by atoms with Crippen molar-refractivity contribution in [2.75, 3.05) is 18.2 Å². The number of carbonyl (C=O) groups excluding carboxylic acids is 1. The van der Waals surface area contributed by atoms with E-state index in [1.165, 1.54) is 13.2 Å². The summed E-state index contributed by atoms with van der Waals surface area (Å²) in [4.78, 5) is 11.9. The predicted molar refractivity (Wildman–Crippen MR) is 81.5 cm³/mol. The summed E-state index contributed by atoms with van der Waals surface area (Å²) in [7, 11) is 1.53. The normalized spacial score (nSPS) is 10.4. The van der Waals surface area contributed by atoms with Gasteiger partial charge in [0, 0.05) is 17.8 Å². The van der Waals surface area contributed by atoms with Crippen molar-refractivity contribution >= 4 is 23.4 Å². The quantitative estimate of drug-likeness (QED) is 0.662. The average Bonchev–Trinajstić information content (AvgIpc) is 2.48. The molecule has 0 aliphatic carbocycles. The third-order valence-corrected chi connectivity index (χ3v) is 2.71. The molecule has 0 aromatic heterocycles. The van der Waals surface area contributed by atoms with Gasteiger partial charge >= 0.3 is 0 Å². The Morgan fingerprint density at radius 3 is 2.65 bits per heavy atom. The van der Waals surface area contributed by atoms with Crippen LogP contribution in [0.4, 0.5) is 11.4 Å². The highest BCUT2D eigenvalue weighted by Crippen LogP contribution is 2.26. The van der Waals surface area contributed by atoms with Gasteiger partial charge in [0.1, 0.15) is 5.75 Å². The van der Waals surface area contributed by atoms with Gasteiger partial charge in [-0.1, -0.05) is 30.3 Å². The van der Waals surface area contributed by atoms with Gasteiger partial charge in [0.15, 0.2) is 0 Å². The van der Waals surface area contributed by atoms with E-state index in [0.717, 1.165) is 5.56 Å². The summed E-state index contributed by atoms with van der Waals surface area (Å²) in [5.41, 5.74) is 7.80. The number of ether oxygens (including phenoxy) is 1. The fourth-order valence-electron chi connectivity index (χ4n) is 1.72. The minimum Gasteiger partial charge on any atom is -0.494 e. The molecule has 0 aliphatic rings. The van der Waals surface area contributed by atoms with Crippen molar-refractivity contribution in [3.05, 3.63) is 60.2 Å². The molecule has 0 heterocycles. The Labute approximate surface area is 117 Å². The van der Waals surface area contributed by atoms with Gasteiger partial charge in [0.2, 0.25) is 5.91 Å². The van der Waals surface area contributed by atoms with Crippen LogP contribution in [0.15, 0.2) is 54.6 Å². The Hall–Kier alpha value is -2.75. The molecule has 0 spiro atoms. The van der Waals surface area contributed by atoms with Gasteiger partial charge in [0.25, 0.3) is 0 Å². The highest BCUT2D eigenvalue weighted by Gasteiger charge is 2.05. The van der Waals surface area contributed by atoms with Crippen molar-refractivity contribution in [1.82, 2.24) is 0 Å². The van der Waals surface area contributed by atoms with E-state index in [0.29, 0.717) is 17.1 Å². The van der Waals surface area contributed by atoms with Crippen molar-refractivity contribution in [3.63, 3.8) is 0 Å². The molecule has 3 N–H and O–H groups in total. The van der Waals surface area contributed by atoms with Crippen LogP contribution in [-0.2, 0) is 4.79 Å². The number of benzene rings is 2. The molecule has 0 saturated carbocycles. The lowest BCUT2D eigenvalue weighted by Crippen LogP contribution is -2.09. The van der Waals surface area contributed by atoms with Gasteiger partial charge in [-0.25, -0.2) is 0 Å². The van der Waals surface area contributed by atoms with Gasteiger partial charge in [-0.05, 0) is 23.8 Å². The third-order valence-electron chi connectivity index (χ3n) is 2.71. The van der Waals surface area contributed by atoms with Gasteiger partial charge in [-0.2, -0.15) is 0 Å². The number of hydrogen-bond donors (Lipinski definition) is 2. The molecular formula is C16H16N2O2. The molecule has 4 heteroatoms. The molecule has 1 amide bonds. The zero-order valence-corrected chi connectivity index (χ0v) is 11.2. The summed E-state index contributed by atoms with van der Waals surface area (Å²) in [6, 6.07) is 14.7. The lowest BCUT2D eigenvalue weighted by Gasteiger charge is -2.09. The van der Waals surface area contributed by atoms with E-state index in [9.17, 15) is 4.79 Å². The molecule has 2 aromatic carbocycles. The minimum absolute atomic E-state index is 0.225. The summed E-state index contributed by atoms with van der Waals surface area (Å²) < 4.78 is 5.17. The van der Waals surface area contributed by atoms with Gasteiger partial charge in [-0.3, -0.25) is 4.79 Å². The maximum atomic E-state index is 11.9. The Morgan fingerprint density at radius 2 is 1.95 bits per heavy atom. The van der Waals surface area contributed by atoms with Crippen LogP contribution in [0, 0.1) is 0 Å². The molecule has 102 valence electrons. The molecule has 4 nitrogen and oxygen atoms in total. The molecule has 2 aromatic rings. The van der Waals surface area contributed by atoms with E-state index in [-0.39, 0.29) is 5.91 Å². The molecule has 20 heavy (non-hydrogen) atoms. The summed E-state index contributed by atoms with van der Waals surface area (Å²) >= 11 is 0.